The van der Waals surface area contributed by atoms with Gasteiger partial charge >= 0.3 is 6.03 Å². The number of nitrogens with one attached hydrogen (secondary N) is 3. The van der Waals surface area contributed by atoms with Crippen molar-refractivity contribution in [2.45, 2.75) is 57.8 Å². The van der Waals surface area contributed by atoms with E-state index in [4.69, 9.17) is 0 Å². The summed E-state index contributed by atoms with van der Waals surface area (Å²) in [7, 11) is 0. The van der Waals surface area contributed by atoms with Crippen LogP contribution in [0.25, 0.3) is 0 Å². The van der Waals surface area contributed by atoms with E-state index in [-0.39, 0.29) is 54.9 Å². The van der Waals surface area contributed by atoms with E-state index in [1.165, 1.54) is 5.56 Å². The molecular formula is C57H60N6O6. The minimum absolute atomic E-state index is 0.0658. The highest BCUT2D eigenvalue weighted by Gasteiger charge is 2.39. The third kappa shape index (κ3) is 14.2. The fourth-order valence-corrected chi connectivity index (χ4v) is 8.62. The van der Waals surface area contributed by atoms with Crippen LogP contribution < -0.4 is 16.0 Å². The van der Waals surface area contributed by atoms with Crippen LogP contribution in [0, 0.1) is 0 Å². The molecule has 2 aliphatic heterocycles. The zero-order chi connectivity index (χ0) is 48.5. The molecule has 8 rings (SSSR count). The van der Waals surface area contributed by atoms with Gasteiger partial charge in [0, 0.05) is 63.1 Å². The first kappa shape index (κ1) is 49.4. The molecule has 0 aliphatic carbocycles. The van der Waals surface area contributed by atoms with Crippen molar-refractivity contribution < 1.29 is 28.8 Å². The number of urea groups is 1. The Labute approximate surface area is 404 Å². The smallest absolute Gasteiger partial charge is 0.325 e. The fourth-order valence-electron chi connectivity index (χ4n) is 8.62. The third-order valence-electron chi connectivity index (χ3n) is 12.4. The number of benzene rings is 6. The molecule has 12 heteroatoms. The molecule has 6 aromatic carbocycles. The van der Waals surface area contributed by atoms with Crippen LogP contribution in [-0.2, 0) is 40.2 Å². The number of imide groups is 1. The molecule has 2 heterocycles. The van der Waals surface area contributed by atoms with Crippen molar-refractivity contribution in [2.24, 2.45) is 0 Å². The average molecular weight is 925 g/mol. The molecule has 12 nitrogen and oxygen atoms in total. The number of nitrogens with zero attached hydrogens (tertiary/aromatic N) is 3. The summed E-state index contributed by atoms with van der Waals surface area (Å²) in [5.41, 5.74) is 6.56. The second-order valence-electron chi connectivity index (χ2n) is 17.6. The van der Waals surface area contributed by atoms with Crippen molar-refractivity contribution in [3.63, 3.8) is 0 Å². The minimum Gasteiger partial charge on any atom is -0.346 e. The number of hydrogen-bond acceptors (Lipinski definition) is 8. The van der Waals surface area contributed by atoms with Crippen molar-refractivity contribution >= 4 is 35.3 Å². The van der Waals surface area contributed by atoms with Crippen LogP contribution in [0.2, 0.25) is 0 Å². The normalized spacial score (nSPS) is 15.8. The monoisotopic (exact) mass is 924 g/mol. The van der Waals surface area contributed by atoms with Crippen LogP contribution >= 0.6 is 0 Å². The van der Waals surface area contributed by atoms with Crippen LogP contribution in [0.4, 0.5) is 4.79 Å². The van der Waals surface area contributed by atoms with E-state index in [0.29, 0.717) is 29.7 Å². The summed E-state index contributed by atoms with van der Waals surface area (Å²) in [5, 5.41) is 8.69. The lowest BCUT2D eigenvalue weighted by atomic mass is 10.0. The quantitative estimate of drug-likeness (QED) is 0.0749. The molecule has 5 amide bonds. The summed E-state index contributed by atoms with van der Waals surface area (Å²) < 4.78 is 0. The number of Topliss-reactive ketones (excluding diaryl/α,β-unsaturated/α-hetero) is 2. The van der Waals surface area contributed by atoms with Crippen molar-refractivity contribution in [1.29, 1.82) is 0 Å². The van der Waals surface area contributed by atoms with Crippen LogP contribution in [0.15, 0.2) is 170 Å². The number of carbonyl (C=O) groups is 6. The summed E-state index contributed by atoms with van der Waals surface area (Å²) in [4.78, 5) is 82.4. The van der Waals surface area contributed by atoms with Gasteiger partial charge in [-0.05, 0) is 59.4 Å². The van der Waals surface area contributed by atoms with E-state index in [1.807, 2.05) is 129 Å². The molecule has 0 saturated carbocycles. The van der Waals surface area contributed by atoms with E-state index >= 15 is 0 Å². The molecule has 354 valence electrons. The van der Waals surface area contributed by atoms with Gasteiger partial charge in [-0.2, -0.15) is 0 Å². The lowest BCUT2D eigenvalue weighted by Gasteiger charge is -2.34. The average Bonchev–Trinajstić information content (AvgIpc) is 3.62. The largest absolute Gasteiger partial charge is 0.346 e. The highest BCUT2D eigenvalue weighted by Crippen LogP contribution is 2.19. The molecule has 3 unspecified atom stereocenters. The summed E-state index contributed by atoms with van der Waals surface area (Å²) in [6, 6.07) is 52.1. The van der Waals surface area contributed by atoms with Gasteiger partial charge in [0.25, 0.3) is 17.7 Å². The molecule has 0 radical (unpaired) electrons. The van der Waals surface area contributed by atoms with Crippen molar-refractivity contribution in [3.05, 3.63) is 214 Å². The first-order valence-electron chi connectivity index (χ1n) is 23.6. The van der Waals surface area contributed by atoms with Crippen molar-refractivity contribution in [3.8, 4) is 0 Å². The maximum atomic E-state index is 13.0. The zero-order valence-corrected chi connectivity index (χ0v) is 39.3. The lowest BCUT2D eigenvalue weighted by Crippen LogP contribution is -2.47. The molecule has 2 aliphatic rings. The summed E-state index contributed by atoms with van der Waals surface area (Å²) in [6.07, 6.45) is 0.565. The Morgan fingerprint density at radius 3 is 1.42 bits per heavy atom. The zero-order valence-electron chi connectivity index (χ0n) is 39.3. The maximum Gasteiger partial charge on any atom is 0.325 e. The molecule has 0 bridgehead atoms. The second kappa shape index (κ2) is 24.5. The Hall–Kier alpha value is -7.54. The van der Waals surface area contributed by atoms with Crippen LogP contribution in [0.5, 0.6) is 0 Å². The van der Waals surface area contributed by atoms with Crippen LogP contribution in [-0.4, -0.2) is 95.3 Å². The number of carbonyl (C=O) groups excluding carboxylic acids is 6. The fraction of sp³-hybridized carbons (Fsp3) is 0.263. The Bertz CT molecular complexity index is 2670. The van der Waals surface area contributed by atoms with Gasteiger partial charge in [-0.3, -0.25) is 38.7 Å². The number of amides is 5. The van der Waals surface area contributed by atoms with Gasteiger partial charge in [-0.15, -0.1) is 0 Å². The van der Waals surface area contributed by atoms with Gasteiger partial charge in [0.15, 0.2) is 11.6 Å². The third-order valence-corrected chi connectivity index (χ3v) is 12.4. The van der Waals surface area contributed by atoms with Gasteiger partial charge < -0.3 is 16.0 Å². The van der Waals surface area contributed by atoms with E-state index < -0.39 is 18.0 Å². The van der Waals surface area contributed by atoms with Crippen molar-refractivity contribution in [2.75, 3.05) is 39.3 Å². The molecule has 2 saturated heterocycles. The van der Waals surface area contributed by atoms with Crippen LogP contribution in [0.3, 0.4) is 0 Å². The van der Waals surface area contributed by atoms with E-state index in [2.05, 4.69) is 50.0 Å². The van der Waals surface area contributed by atoms with Crippen molar-refractivity contribution in [1.82, 2.24) is 30.7 Å². The van der Waals surface area contributed by atoms with E-state index in [0.717, 1.165) is 59.9 Å². The highest BCUT2D eigenvalue weighted by atomic mass is 16.2. The van der Waals surface area contributed by atoms with Gasteiger partial charge in [-0.25, -0.2) is 4.79 Å². The topological polar surface area (TPSA) is 148 Å². The minimum atomic E-state index is -0.699. The molecule has 3 atom stereocenters. The SMILES string of the molecule is CC(NC(=O)c1ccccc1CC(=O)CN1C(=O)NC(Cc2ccccc2)C1=O)c1ccccc1.CC(NC(=O)c1ccccc1CC(=O)CN1CCN(Cc2ccccc2)CC1)c1ccccc1. The first-order chi connectivity index (χ1) is 33.5. The van der Waals surface area contributed by atoms with E-state index in [1.54, 1.807) is 30.3 Å². The highest BCUT2D eigenvalue weighted by molar-refractivity contribution is 6.07. The molecule has 0 spiro atoms. The lowest BCUT2D eigenvalue weighted by molar-refractivity contribution is -0.131. The molecule has 6 aromatic rings. The number of piperazine rings is 1. The summed E-state index contributed by atoms with van der Waals surface area (Å²) in [5.74, 6) is -1.04. The number of hydrogen-bond donors (Lipinski definition) is 3. The predicted molar refractivity (Wildman–Crippen MR) is 267 cm³/mol. The maximum absolute atomic E-state index is 13.0. The first-order valence-corrected chi connectivity index (χ1v) is 23.6. The molecular weight excluding hydrogens is 865 g/mol. The summed E-state index contributed by atoms with van der Waals surface area (Å²) >= 11 is 0. The molecule has 69 heavy (non-hydrogen) atoms. The molecule has 3 N–H and O–H groups in total. The van der Waals surface area contributed by atoms with E-state index in [9.17, 15) is 28.8 Å². The Kier molecular flexibility index (Phi) is 17.5. The number of ketones is 2. The molecule has 2 fully saturated rings. The summed E-state index contributed by atoms with van der Waals surface area (Å²) in [6.45, 7) is 8.58. The Balaban J connectivity index is 0.000000204. The van der Waals surface area contributed by atoms with Gasteiger partial charge in [-0.1, -0.05) is 158 Å². The van der Waals surface area contributed by atoms with Gasteiger partial charge in [0.2, 0.25) is 0 Å². The molecule has 0 aromatic heterocycles. The van der Waals surface area contributed by atoms with Gasteiger partial charge in [0.05, 0.1) is 25.2 Å². The Morgan fingerprint density at radius 1 is 0.522 bits per heavy atom. The van der Waals surface area contributed by atoms with Gasteiger partial charge in [0.1, 0.15) is 6.04 Å². The Morgan fingerprint density at radius 2 is 0.928 bits per heavy atom. The standard InChI is InChI=1S/C29H33N3O2.C28H27N3O4/c1-23(25-12-6-3-7-13-25)30-29(34)28-15-9-8-14-26(28)20-27(33)22-32-18-16-31(17-19-32)21-24-10-4-2-5-11-24;1-19(21-12-6-3-7-13-21)29-26(33)24-15-9-8-14-22(24)17-23(32)18-31-27(34)25(30-28(31)35)16-20-10-4-2-5-11-20/h2-15,23H,16-22H2,1H3,(H,30,34);2-15,19,25H,16-18H2,1H3,(H,29,33)(H,30,35). The second-order valence-corrected chi connectivity index (χ2v) is 17.6. The predicted octanol–water partition coefficient (Wildman–Crippen LogP) is 7.56. The van der Waals surface area contributed by atoms with Crippen LogP contribution in [0.1, 0.15) is 80.0 Å². The number of rotatable bonds is 18.